The molecule has 6 heteroatoms. The lowest BCUT2D eigenvalue weighted by molar-refractivity contribution is -0.115. The van der Waals surface area contributed by atoms with E-state index in [1.54, 1.807) is 18.2 Å². The summed E-state index contributed by atoms with van der Waals surface area (Å²) >= 11 is 6.11. The molecule has 1 heterocycles. The van der Waals surface area contributed by atoms with Gasteiger partial charge in [0, 0.05) is 10.4 Å². The molecule has 0 bridgehead atoms. The standard InChI is InChI=1S/C22H17ClN2O3/c1-14-7-9-20-17(11-14)18(25-28-20)13-22(26)24-19-12-15(23)8-10-21(19)27-16-5-3-2-4-6-16/h2-12H,13H2,1H3,(H,24,26). The molecule has 0 saturated carbocycles. The monoisotopic (exact) mass is 392 g/mol. The van der Waals surface area contributed by atoms with Crippen LogP contribution in [0.3, 0.4) is 0 Å². The van der Waals surface area contributed by atoms with E-state index >= 15 is 0 Å². The molecule has 1 N–H and O–H groups in total. The number of hydrogen-bond acceptors (Lipinski definition) is 4. The van der Waals surface area contributed by atoms with Gasteiger partial charge in [-0.25, -0.2) is 0 Å². The molecule has 0 unspecified atom stereocenters. The van der Waals surface area contributed by atoms with E-state index in [1.807, 2.05) is 55.5 Å². The minimum Gasteiger partial charge on any atom is -0.455 e. The fraction of sp³-hybridized carbons (Fsp3) is 0.0909. The third kappa shape index (κ3) is 4.00. The van der Waals surface area contributed by atoms with Crippen molar-refractivity contribution in [3.63, 3.8) is 0 Å². The number of anilines is 1. The second-order valence-corrected chi connectivity index (χ2v) is 6.85. The lowest BCUT2D eigenvalue weighted by Gasteiger charge is -2.12. The average Bonchev–Trinajstić information content (AvgIpc) is 3.06. The van der Waals surface area contributed by atoms with Crippen LogP contribution in [-0.2, 0) is 11.2 Å². The molecular weight excluding hydrogens is 376 g/mol. The predicted octanol–water partition coefficient (Wildman–Crippen LogP) is 5.76. The van der Waals surface area contributed by atoms with Gasteiger partial charge in [-0.15, -0.1) is 0 Å². The molecule has 4 rings (SSSR count). The van der Waals surface area contributed by atoms with Crippen LogP contribution in [0.1, 0.15) is 11.3 Å². The third-order valence-corrected chi connectivity index (χ3v) is 4.45. The summed E-state index contributed by atoms with van der Waals surface area (Å²) in [7, 11) is 0. The number of rotatable bonds is 5. The molecule has 1 amide bonds. The molecule has 140 valence electrons. The zero-order valence-corrected chi connectivity index (χ0v) is 15.9. The van der Waals surface area contributed by atoms with E-state index in [-0.39, 0.29) is 12.3 Å². The molecule has 0 aliphatic rings. The van der Waals surface area contributed by atoms with Crippen molar-refractivity contribution in [3.05, 3.63) is 83.0 Å². The van der Waals surface area contributed by atoms with Crippen LogP contribution < -0.4 is 10.1 Å². The Hall–Kier alpha value is -3.31. The maximum Gasteiger partial charge on any atom is 0.230 e. The number of nitrogens with zero attached hydrogens (tertiary/aromatic N) is 1. The van der Waals surface area contributed by atoms with E-state index in [2.05, 4.69) is 10.5 Å². The Morgan fingerprint density at radius 3 is 2.75 bits per heavy atom. The Labute approximate surface area is 166 Å². The van der Waals surface area contributed by atoms with Gasteiger partial charge in [-0.05, 0) is 49.4 Å². The molecule has 0 aliphatic heterocycles. The summed E-state index contributed by atoms with van der Waals surface area (Å²) in [5.74, 6) is 0.931. The van der Waals surface area contributed by atoms with Crippen molar-refractivity contribution in [3.8, 4) is 11.5 Å². The first-order valence-electron chi connectivity index (χ1n) is 8.76. The summed E-state index contributed by atoms with van der Waals surface area (Å²) in [6.45, 7) is 1.98. The first-order chi connectivity index (χ1) is 13.6. The number of carbonyl (C=O) groups is 1. The Balaban J connectivity index is 1.55. The second-order valence-electron chi connectivity index (χ2n) is 6.41. The maximum absolute atomic E-state index is 12.6. The second kappa shape index (κ2) is 7.74. The van der Waals surface area contributed by atoms with E-state index in [0.29, 0.717) is 33.5 Å². The summed E-state index contributed by atoms with van der Waals surface area (Å²) in [6.07, 6.45) is 0.0771. The summed E-state index contributed by atoms with van der Waals surface area (Å²) in [4.78, 5) is 12.6. The van der Waals surface area contributed by atoms with Crippen molar-refractivity contribution in [2.24, 2.45) is 0 Å². The number of nitrogens with one attached hydrogen (secondary N) is 1. The fourth-order valence-electron chi connectivity index (χ4n) is 2.88. The maximum atomic E-state index is 12.6. The van der Waals surface area contributed by atoms with Crippen LogP contribution in [0.25, 0.3) is 11.0 Å². The van der Waals surface area contributed by atoms with Crippen LogP contribution in [0.2, 0.25) is 5.02 Å². The highest BCUT2D eigenvalue weighted by Gasteiger charge is 2.15. The normalized spacial score (nSPS) is 10.8. The molecule has 0 aliphatic carbocycles. The Morgan fingerprint density at radius 1 is 1.11 bits per heavy atom. The number of fused-ring (bicyclic) bond motifs is 1. The van der Waals surface area contributed by atoms with Crippen molar-refractivity contribution >= 4 is 34.2 Å². The Bertz CT molecular complexity index is 1140. The van der Waals surface area contributed by atoms with Gasteiger partial charge in [0.15, 0.2) is 11.3 Å². The lowest BCUT2D eigenvalue weighted by atomic mass is 10.1. The Morgan fingerprint density at radius 2 is 1.93 bits per heavy atom. The molecule has 0 spiro atoms. The Kier molecular flexibility index (Phi) is 5.00. The van der Waals surface area contributed by atoms with Gasteiger partial charge in [0.2, 0.25) is 5.91 Å². The van der Waals surface area contributed by atoms with Crippen molar-refractivity contribution in [1.29, 1.82) is 0 Å². The highest BCUT2D eigenvalue weighted by atomic mass is 35.5. The zero-order valence-electron chi connectivity index (χ0n) is 15.1. The first-order valence-corrected chi connectivity index (χ1v) is 9.13. The van der Waals surface area contributed by atoms with Gasteiger partial charge in [-0.2, -0.15) is 0 Å². The first kappa shape index (κ1) is 18.1. The van der Waals surface area contributed by atoms with Crippen LogP contribution in [0.15, 0.2) is 71.3 Å². The largest absolute Gasteiger partial charge is 0.455 e. The molecule has 0 saturated heterocycles. The molecule has 0 radical (unpaired) electrons. The van der Waals surface area contributed by atoms with Crippen molar-refractivity contribution in [2.45, 2.75) is 13.3 Å². The molecule has 0 atom stereocenters. The quantitative estimate of drug-likeness (QED) is 0.468. The number of para-hydroxylation sites is 1. The molecule has 1 aromatic heterocycles. The summed E-state index contributed by atoms with van der Waals surface area (Å²) in [6, 6.07) is 20.2. The van der Waals surface area contributed by atoms with E-state index in [9.17, 15) is 4.79 Å². The smallest absolute Gasteiger partial charge is 0.230 e. The SMILES string of the molecule is Cc1ccc2onc(CC(=O)Nc3cc(Cl)ccc3Oc3ccccc3)c2c1. The van der Waals surface area contributed by atoms with Crippen LogP contribution in [0.5, 0.6) is 11.5 Å². The van der Waals surface area contributed by atoms with Gasteiger partial charge < -0.3 is 14.6 Å². The number of hydrogen-bond donors (Lipinski definition) is 1. The number of amides is 1. The van der Waals surface area contributed by atoms with Crippen molar-refractivity contribution < 1.29 is 14.1 Å². The van der Waals surface area contributed by atoms with Crippen LogP contribution in [0, 0.1) is 6.92 Å². The number of ether oxygens (including phenoxy) is 1. The number of halogens is 1. The van der Waals surface area contributed by atoms with Crippen LogP contribution in [-0.4, -0.2) is 11.1 Å². The van der Waals surface area contributed by atoms with Crippen LogP contribution >= 0.6 is 11.6 Å². The van der Waals surface area contributed by atoms with Gasteiger partial charge in [0.05, 0.1) is 12.1 Å². The van der Waals surface area contributed by atoms with Gasteiger partial charge in [-0.3, -0.25) is 4.79 Å². The number of benzene rings is 3. The minimum atomic E-state index is -0.239. The van der Waals surface area contributed by atoms with Crippen molar-refractivity contribution in [2.75, 3.05) is 5.32 Å². The van der Waals surface area contributed by atoms with E-state index in [4.69, 9.17) is 20.9 Å². The fourth-order valence-corrected chi connectivity index (χ4v) is 3.05. The number of aromatic nitrogens is 1. The average molecular weight is 393 g/mol. The van der Waals surface area contributed by atoms with E-state index < -0.39 is 0 Å². The summed E-state index contributed by atoms with van der Waals surface area (Å²) < 4.78 is 11.2. The number of aryl methyl sites for hydroxylation is 1. The predicted molar refractivity (Wildman–Crippen MR) is 109 cm³/mol. The summed E-state index contributed by atoms with van der Waals surface area (Å²) in [5.41, 5.74) is 2.81. The summed E-state index contributed by atoms with van der Waals surface area (Å²) in [5, 5.41) is 8.23. The van der Waals surface area contributed by atoms with E-state index in [1.165, 1.54) is 0 Å². The molecule has 28 heavy (non-hydrogen) atoms. The van der Waals surface area contributed by atoms with Gasteiger partial charge >= 0.3 is 0 Å². The van der Waals surface area contributed by atoms with Crippen molar-refractivity contribution in [1.82, 2.24) is 5.16 Å². The number of carbonyl (C=O) groups excluding carboxylic acids is 1. The topological polar surface area (TPSA) is 64.4 Å². The highest BCUT2D eigenvalue weighted by Crippen LogP contribution is 2.32. The minimum absolute atomic E-state index is 0.0771. The van der Waals surface area contributed by atoms with Gasteiger partial charge in [0.1, 0.15) is 11.4 Å². The molecule has 5 nitrogen and oxygen atoms in total. The molecule has 0 fully saturated rings. The van der Waals surface area contributed by atoms with Crippen LogP contribution in [0.4, 0.5) is 5.69 Å². The molecular formula is C22H17ClN2O3. The lowest BCUT2D eigenvalue weighted by Crippen LogP contribution is -2.15. The molecule has 3 aromatic carbocycles. The van der Waals surface area contributed by atoms with E-state index in [0.717, 1.165) is 10.9 Å². The third-order valence-electron chi connectivity index (χ3n) is 4.21. The van der Waals surface area contributed by atoms with Gasteiger partial charge in [0.25, 0.3) is 0 Å². The van der Waals surface area contributed by atoms with Gasteiger partial charge in [-0.1, -0.05) is 46.6 Å². The zero-order chi connectivity index (χ0) is 19.5. The molecule has 4 aromatic rings. The highest BCUT2D eigenvalue weighted by molar-refractivity contribution is 6.31.